The molecular weight excluding hydrogens is 572 g/mol. The number of rotatable bonds is 5. The number of nitrogens with one attached hydrogen (secondary N) is 1. The van der Waals surface area contributed by atoms with E-state index in [9.17, 15) is 14.7 Å². The van der Waals surface area contributed by atoms with Crippen molar-refractivity contribution in [2.75, 3.05) is 12.4 Å². The molecule has 0 aliphatic rings. The minimum absolute atomic E-state index is 0.0160. The number of benzene rings is 2. The molecule has 10 heteroatoms. The molecule has 1 heterocycles. The summed E-state index contributed by atoms with van der Waals surface area (Å²) in [5.41, 5.74) is 1.15. The van der Waals surface area contributed by atoms with Gasteiger partial charge in [0, 0.05) is 14.5 Å². The molecule has 29 heavy (non-hydrogen) atoms. The molecule has 0 bridgehead atoms. The Bertz CT molecular complexity index is 1120. The molecule has 3 aromatic rings. The van der Waals surface area contributed by atoms with Crippen LogP contribution in [0.15, 0.2) is 35.7 Å². The van der Waals surface area contributed by atoms with Crippen molar-refractivity contribution >= 4 is 85.6 Å². The number of amides is 1. The molecule has 3 rings (SSSR count). The molecule has 0 spiro atoms. The van der Waals surface area contributed by atoms with Gasteiger partial charge >= 0.3 is 5.97 Å². The SMILES string of the molecule is COc1c(Cl)cc(Cl)c(C(=O)Nc2scc(-c3ccc(I)cc3)c2C(=O)O)c1Cl. The summed E-state index contributed by atoms with van der Waals surface area (Å²) in [6.07, 6.45) is 0. The Labute approximate surface area is 198 Å². The first kappa shape index (κ1) is 22.2. The molecule has 0 fully saturated rings. The van der Waals surface area contributed by atoms with Gasteiger partial charge in [-0.25, -0.2) is 4.79 Å². The van der Waals surface area contributed by atoms with E-state index in [1.807, 2.05) is 24.3 Å². The van der Waals surface area contributed by atoms with Gasteiger partial charge in [0.1, 0.15) is 10.6 Å². The van der Waals surface area contributed by atoms with Crippen molar-refractivity contribution in [3.05, 3.63) is 65.5 Å². The lowest BCUT2D eigenvalue weighted by Gasteiger charge is -2.13. The van der Waals surface area contributed by atoms with E-state index in [0.717, 1.165) is 20.5 Å². The lowest BCUT2D eigenvalue weighted by Crippen LogP contribution is -2.15. The summed E-state index contributed by atoms with van der Waals surface area (Å²) in [6.45, 7) is 0. The second kappa shape index (κ2) is 9.09. The minimum Gasteiger partial charge on any atom is -0.494 e. The average Bonchev–Trinajstić information content (AvgIpc) is 3.06. The van der Waals surface area contributed by atoms with Gasteiger partial charge in [-0.3, -0.25) is 4.79 Å². The minimum atomic E-state index is -1.17. The summed E-state index contributed by atoms with van der Waals surface area (Å²) in [6, 6.07) is 8.72. The van der Waals surface area contributed by atoms with E-state index >= 15 is 0 Å². The zero-order valence-electron chi connectivity index (χ0n) is 14.6. The third-order valence-corrected chi connectivity index (χ3v) is 6.50. The number of hydrogen-bond acceptors (Lipinski definition) is 4. The van der Waals surface area contributed by atoms with Crippen LogP contribution in [-0.2, 0) is 0 Å². The Kier molecular flexibility index (Phi) is 6.95. The number of anilines is 1. The van der Waals surface area contributed by atoms with Crippen molar-refractivity contribution in [3.8, 4) is 16.9 Å². The second-order valence-corrected chi connectivity index (χ2v) is 9.00. The first-order chi connectivity index (χ1) is 13.7. The van der Waals surface area contributed by atoms with Crippen LogP contribution < -0.4 is 10.1 Å². The fraction of sp³-hybridized carbons (Fsp3) is 0.0526. The summed E-state index contributed by atoms with van der Waals surface area (Å²) in [5, 5.41) is 14.3. The number of carbonyl (C=O) groups is 2. The van der Waals surface area contributed by atoms with Crippen LogP contribution in [0, 0.1) is 3.57 Å². The summed E-state index contributed by atoms with van der Waals surface area (Å²) < 4.78 is 6.13. The molecule has 0 aliphatic carbocycles. The van der Waals surface area contributed by atoms with Crippen molar-refractivity contribution in [1.29, 1.82) is 0 Å². The van der Waals surface area contributed by atoms with Gasteiger partial charge in [-0.05, 0) is 46.4 Å². The number of thiophene rings is 1. The molecule has 5 nitrogen and oxygen atoms in total. The topological polar surface area (TPSA) is 75.6 Å². The molecule has 2 aromatic carbocycles. The van der Waals surface area contributed by atoms with Gasteiger partial charge < -0.3 is 15.2 Å². The highest BCUT2D eigenvalue weighted by Gasteiger charge is 2.25. The maximum atomic E-state index is 12.8. The average molecular weight is 583 g/mol. The Morgan fingerprint density at radius 2 is 1.76 bits per heavy atom. The van der Waals surface area contributed by atoms with Crippen LogP contribution in [0.4, 0.5) is 5.00 Å². The number of carbonyl (C=O) groups excluding carboxylic acids is 1. The Morgan fingerprint density at radius 3 is 2.34 bits per heavy atom. The third kappa shape index (κ3) is 4.49. The summed E-state index contributed by atoms with van der Waals surface area (Å²) in [5.74, 6) is -1.73. The molecule has 0 atom stereocenters. The number of carboxylic acids is 1. The molecule has 0 aliphatic heterocycles. The third-order valence-electron chi connectivity index (χ3n) is 3.95. The van der Waals surface area contributed by atoms with E-state index in [4.69, 9.17) is 39.5 Å². The number of halogens is 4. The van der Waals surface area contributed by atoms with E-state index in [0.29, 0.717) is 5.56 Å². The van der Waals surface area contributed by atoms with Gasteiger partial charge in [0.2, 0.25) is 0 Å². The van der Waals surface area contributed by atoms with Crippen LogP contribution in [0.3, 0.4) is 0 Å². The lowest BCUT2D eigenvalue weighted by molar-refractivity contribution is 0.0699. The van der Waals surface area contributed by atoms with Gasteiger partial charge in [0.25, 0.3) is 5.91 Å². The molecule has 1 amide bonds. The second-order valence-electron chi connectivity index (χ2n) is 5.68. The first-order valence-electron chi connectivity index (χ1n) is 7.88. The molecule has 0 unspecified atom stereocenters. The highest BCUT2D eigenvalue weighted by molar-refractivity contribution is 14.1. The monoisotopic (exact) mass is 581 g/mol. The largest absolute Gasteiger partial charge is 0.494 e. The van der Waals surface area contributed by atoms with Crippen molar-refractivity contribution in [2.45, 2.75) is 0 Å². The number of aromatic carboxylic acids is 1. The first-order valence-corrected chi connectivity index (χ1v) is 11.0. The van der Waals surface area contributed by atoms with Crippen molar-refractivity contribution in [2.24, 2.45) is 0 Å². The number of ether oxygens (including phenoxy) is 1. The zero-order valence-corrected chi connectivity index (χ0v) is 19.8. The van der Waals surface area contributed by atoms with E-state index in [-0.39, 0.29) is 36.9 Å². The number of methoxy groups -OCH3 is 1. The van der Waals surface area contributed by atoms with Gasteiger partial charge in [-0.15, -0.1) is 11.3 Å². The van der Waals surface area contributed by atoms with E-state index in [1.54, 1.807) is 5.38 Å². The highest BCUT2D eigenvalue weighted by Crippen LogP contribution is 2.41. The maximum absolute atomic E-state index is 12.8. The van der Waals surface area contributed by atoms with Crippen LogP contribution in [-0.4, -0.2) is 24.1 Å². The van der Waals surface area contributed by atoms with Crippen LogP contribution in [0.1, 0.15) is 20.7 Å². The molecule has 150 valence electrons. The van der Waals surface area contributed by atoms with Crippen LogP contribution >= 0.6 is 68.7 Å². The lowest BCUT2D eigenvalue weighted by atomic mass is 10.0. The fourth-order valence-corrected chi connectivity index (χ4v) is 5.04. The molecule has 0 saturated heterocycles. The van der Waals surface area contributed by atoms with Gasteiger partial charge in [0.15, 0.2) is 5.75 Å². The number of hydrogen-bond donors (Lipinski definition) is 2. The summed E-state index contributed by atoms with van der Waals surface area (Å²) >= 11 is 21.7. The van der Waals surface area contributed by atoms with E-state index in [2.05, 4.69) is 27.9 Å². The smallest absolute Gasteiger partial charge is 0.339 e. The highest BCUT2D eigenvalue weighted by atomic mass is 127. The molecular formula is C19H11Cl3INO4S. The summed E-state index contributed by atoms with van der Waals surface area (Å²) in [7, 11) is 1.36. The Balaban J connectivity index is 2.02. The molecule has 2 N–H and O–H groups in total. The summed E-state index contributed by atoms with van der Waals surface area (Å²) in [4.78, 5) is 24.7. The standard InChI is InChI=1S/C19H11Cl3INO4S/c1-28-16-12(21)6-11(20)14(15(16)22)17(25)24-18-13(19(26)27)10(7-29-18)8-2-4-9(23)5-3-8/h2-7H,1H3,(H,24,25)(H,26,27). The normalized spacial score (nSPS) is 10.7. The molecule has 0 radical (unpaired) electrons. The predicted octanol–water partition coefficient (Wildman–Crippen LogP) is 6.94. The molecule has 1 aromatic heterocycles. The van der Waals surface area contributed by atoms with Gasteiger partial charge in [0.05, 0.1) is 27.7 Å². The van der Waals surface area contributed by atoms with Crippen molar-refractivity contribution < 1.29 is 19.4 Å². The molecule has 0 saturated carbocycles. The van der Waals surface area contributed by atoms with Crippen LogP contribution in [0.5, 0.6) is 5.75 Å². The van der Waals surface area contributed by atoms with Gasteiger partial charge in [-0.2, -0.15) is 0 Å². The quantitative estimate of drug-likeness (QED) is 0.320. The maximum Gasteiger partial charge on any atom is 0.339 e. The van der Waals surface area contributed by atoms with E-state index < -0.39 is 11.9 Å². The Hall–Kier alpha value is -1.52. The zero-order chi connectivity index (χ0) is 21.3. The van der Waals surface area contributed by atoms with Crippen molar-refractivity contribution in [1.82, 2.24) is 0 Å². The number of carboxylic acid groups (broad SMARTS) is 1. The fourth-order valence-electron chi connectivity index (χ4n) is 2.64. The van der Waals surface area contributed by atoms with Gasteiger partial charge in [-0.1, -0.05) is 46.9 Å². The van der Waals surface area contributed by atoms with Crippen molar-refractivity contribution in [3.63, 3.8) is 0 Å². The predicted molar refractivity (Wildman–Crippen MR) is 125 cm³/mol. The van der Waals surface area contributed by atoms with Crippen LogP contribution in [0.2, 0.25) is 15.1 Å². The van der Waals surface area contributed by atoms with E-state index in [1.165, 1.54) is 13.2 Å². The Morgan fingerprint density at radius 1 is 1.10 bits per heavy atom. The van der Waals surface area contributed by atoms with Crippen LogP contribution in [0.25, 0.3) is 11.1 Å².